The number of halogens is 1. The number of pyridine rings is 2. The van der Waals surface area contributed by atoms with Gasteiger partial charge in [-0.1, -0.05) is 38.8 Å². The van der Waals surface area contributed by atoms with Gasteiger partial charge < -0.3 is 26.0 Å². The molecule has 4 heterocycles. The minimum Gasteiger partial charge on any atom is -0.495 e. The van der Waals surface area contributed by atoms with Crippen LogP contribution in [0.5, 0.6) is 5.75 Å². The molecule has 268 valence electrons. The van der Waals surface area contributed by atoms with Crippen molar-refractivity contribution < 1.29 is 9.53 Å². The molecule has 5 aromatic rings. The van der Waals surface area contributed by atoms with Crippen LogP contribution in [0.15, 0.2) is 79.6 Å². The summed E-state index contributed by atoms with van der Waals surface area (Å²) in [6.07, 6.45) is 14.9. The van der Waals surface area contributed by atoms with Crippen molar-refractivity contribution in [1.82, 2.24) is 35.2 Å². The molecule has 2 atom stereocenters. The smallest absolute Gasteiger partial charge is 0.319 e. The molecule has 0 fully saturated rings. The number of nitrogens with one attached hydrogen (secondary N) is 4. The molecule has 1 aromatic carbocycles. The topological polar surface area (TPSA) is 152 Å². The summed E-state index contributed by atoms with van der Waals surface area (Å²) >= 11 is 5.85. The van der Waals surface area contributed by atoms with Crippen LogP contribution < -0.4 is 26.0 Å². The van der Waals surface area contributed by atoms with E-state index in [2.05, 4.69) is 72.2 Å². The highest BCUT2D eigenvalue weighted by Gasteiger charge is 2.16. The Hall–Kier alpha value is -5.36. The largest absolute Gasteiger partial charge is 0.495 e. The third kappa shape index (κ3) is 11.3. The first kappa shape index (κ1) is 38.4. The van der Waals surface area contributed by atoms with E-state index in [0.717, 1.165) is 65.1 Å². The van der Waals surface area contributed by atoms with Gasteiger partial charge in [0.05, 0.1) is 24.9 Å². The molecule has 0 bridgehead atoms. The number of anilines is 3. The van der Waals surface area contributed by atoms with E-state index in [0.29, 0.717) is 23.8 Å². The van der Waals surface area contributed by atoms with Gasteiger partial charge in [-0.3, -0.25) is 9.97 Å². The number of amides is 2. The van der Waals surface area contributed by atoms with Crippen molar-refractivity contribution >= 4 is 35.0 Å². The average Bonchev–Trinajstić information content (AvgIpc) is 3.15. The molecule has 13 heteroatoms. The number of aromatic nitrogens is 6. The van der Waals surface area contributed by atoms with Gasteiger partial charge in [-0.2, -0.15) is 0 Å². The molecule has 12 nitrogen and oxygen atoms in total. The summed E-state index contributed by atoms with van der Waals surface area (Å²) in [5.74, 6) is 2.66. The highest BCUT2D eigenvalue weighted by Crippen LogP contribution is 2.31. The van der Waals surface area contributed by atoms with Crippen molar-refractivity contribution in [2.24, 2.45) is 0 Å². The van der Waals surface area contributed by atoms with Gasteiger partial charge >= 0.3 is 6.03 Å². The van der Waals surface area contributed by atoms with Crippen LogP contribution in [0, 0.1) is 13.8 Å². The summed E-state index contributed by atoms with van der Waals surface area (Å²) in [5.41, 5.74) is 5.58. The molecule has 0 aliphatic heterocycles. The lowest BCUT2D eigenvalue weighted by Crippen LogP contribution is -2.28. The first-order chi connectivity index (χ1) is 24.8. The Morgan fingerprint density at radius 1 is 0.804 bits per heavy atom. The van der Waals surface area contributed by atoms with Gasteiger partial charge in [0.15, 0.2) is 5.82 Å². The fourth-order valence-electron chi connectivity index (χ4n) is 5.27. The number of urea groups is 1. The maximum absolute atomic E-state index is 11.9. The van der Waals surface area contributed by atoms with Crippen LogP contribution in [-0.2, 0) is 0 Å². The minimum atomic E-state index is -0.283. The van der Waals surface area contributed by atoms with Crippen molar-refractivity contribution in [1.29, 1.82) is 0 Å². The zero-order chi connectivity index (χ0) is 36.6. The van der Waals surface area contributed by atoms with Crippen LogP contribution in [0.4, 0.5) is 22.1 Å². The van der Waals surface area contributed by atoms with Gasteiger partial charge in [-0.25, -0.2) is 24.7 Å². The first-order valence-corrected chi connectivity index (χ1v) is 17.5. The molecule has 4 N–H and O–H groups in total. The van der Waals surface area contributed by atoms with Gasteiger partial charge in [0.2, 0.25) is 5.28 Å². The van der Waals surface area contributed by atoms with E-state index >= 15 is 0 Å². The molecule has 0 saturated heterocycles. The Bertz CT molecular complexity index is 1830. The van der Waals surface area contributed by atoms with Crippen LogP contribution in [0.2, 0.25) is 5.28 Å². The standard InChI is InChI=1S/C24H30N6O2.C14H17ClN4/c1-5-8-19(18-9-7-12-25-15-18)28-22-16(3)14-27-23(30-22)17-10-11-20(21(13-17)32-4)29-24(31)26-6-2;1-3-5-12(11-6-4-7-16-9-11)18-13-10(2)8-17-14(15)19-13/h7,9-15,19H,5-6,8H2,1-4H3,(H2,26,29,31)(H,27,28,30);4,6-9,12H,3,5H2,1-2H3,(H,17,18,19)/t19-;12-/m00/s1. The number of methoxy groups -OCH3 is 1. The third-order valence-electron chi connectivity index (χ3n) is 7.91. The van der Waals surface area contributed by atoms with Crippen LogP contribution in [0.3, 0.4) is 0 Å². The quantitative estimate of drug-likeness (QED) is 0.0823. The van der Waals surface area contributed by atoms with E-state index in [4.69, 9.17) is 21.3 Å². The molecule has 51 heavy (non-hydrogen) atoms. The minimum absolute atomic E-state index is 0.105. The molecule has 2 amide bonds. The van der Waals surface area contributed by atoms with Gasteiger partial charge in [0.1, 0.15) is 17.4 Å². The third-order valence-corrected chi connectivity index (χ3v) is 8.09. The second kappa shape index (κ2) is 19.7. The van der Waals surface area contributed by atoms with Gasteiger partial charge in [0.25, 0.3) is 0 Å². The summed E-state index contributed by atoms with van der Waals surface area (Å²) in [5, 5.41) is 12.7. The molecule has 0 spiro atoms. The second-order valence-electron chi connectivity index (χ2n) is 11.8. The zero-order valence-electron chi connectivity index (χ0n) is 30.1. The second-order valence-corrected chi connectivity index (χ2v) is 12.2. The van der Waals surface area contributed by atoms with Gasteiger partial charge in [-0.05, 0) is 86.7 Å². The van der Waals surface area contributed by atoms with E-state index in [1.165, 1.54) is 0 Å². The van der Waals surface area contributed by atoms with Crippen LogP contribution >= 0.6 is 11.6 Å². The molecule has 4 aromatic heterocycles. The molecular formula is C38H47ClN10O2. The predicted molar refractivity (Wildman–Crippen MR) is 204 cm³/mol. The highest BCUT2D eigenvalue weighted by atomic mass is 35.5. The number of aryl methyl sites for hydroxylation is 2. The average molecular weight is 711 g/mol. The first-order valence-electron chi connectivity index (χ1n) is 17.1. The number of benzene rings is 1. The molecule has 5 rings (SSSR count). The number of hydrogen-bond acceptors (Lipinski definition) is 10. The number of nitrogens with zero attached hydrogens (tertiary/aromatic N) is 6. The van der Waals surface area contributed by atoms with Gasteiger partial charge in [0, 0.05) is 60.4 Å². The Morgan fingerprint density at radius 3 is 1.92 bits per heavy atom. The normalized spacial score (nSPS) is 11.7. The number of hydrogen-bond donors (Lipinski definition) is 4. The zero-order valence-corrected chi connectivity index (χ0v) is 30.8. The number of ether oxygens (including phenoxy) is 1. The van der Waals surface area contributed by atoms with Crippen molar-refractivity contribution in [3.63, 3.8) is 0 Å². The summed E-state index contributed by atoms with van der Waals surface area (Å²) in [6, 6.07) is 13.5. The fraction of sp³-hybridized carbons (Fsp3) is 0.342. The summed E-state index contributed by atoms with van der Waals surface area (Å²) in [7, 11) is 1.56. The Morgan fingerprint density at radius 2 is 1.39 bits per heavy atom. The Balaban J connectivity index is 0.000000261. The van der Waals surface area contributed by atoms with Crippen molar-refractivity contribution in [3.05, 3.63) is 107 Å². The maximum atomic E-state index is 11.9. The van der Waals surface area contributed by atoms with Crippen molar-refractivity contribution in [2.75, 3.05) is 29.6 Å². The van der Waals surface area contributed by atoms with E-state index in [1.54, 1.807) is 31.8 Å². The maximum Gasteiger partial charge on any atom is 0.319 e. The monoisotopic (exact) mass is 710 g/mol. The molecule has 0 aliphatic rings. The Labute approximate surface area is 305 Å². The molecular weight excluding hydrogens is 664 g/mol. The van der Waals surface area contributed by atoms with Crippen LogP contribution in [0.1, 0.15) is 80.8 Å². The molecule has 0 radical (unpaired) electrons. The summed E-state index contributed by atoms with van der Waals surface area (Å²) in [4.78, 5) is 37.8. The number of carbonyl (C=O) groups is 1. The summed E-state index contributed by atoms with van der Waals surface area (Å²) in [6.45, 7) is 10.7. The van der Waals surface area contributed by atoms with Crippen LogP contribution in [-0.4, -0.2) is 49.6 Å². The Kier molecular flexibility index (Phi) is 14.9. The fourth-order valence-corrected chi connectivity index (χ4v) is 5.40. The summed E-state index contributed by atoms with van der Waals surface area (Å²) < 4.78 is 5.47. The lowest BCUT2D eigenvalue weighted by atomic mass is 10.0. The number of rotatable bonds is 14. The van der Waals surface area contributed by atoms with Gasteiger partial charge in [-0.15, -0.1) is 0 Å². The lowest BCUT2D eigenvalue weighted by Gasteiger charge is -2.20. The lowest BCUT2D eigenvalue weighted by molar-refractivity contribution is 0.252. The van der Waals surface area contributed by atoms with Crippen molar-refractivity contribution in [2.45, 2.75) is 72.4 Å². The SMILES string of the molecule is CCC[C@H](Nc1nc(-c2ccc(NC(=O)NCC)c(OC)c2)ncc1C)c1cccnc1.CCC[C@H](Nc1nc(Cl)ncc1C)c1cccnc1. The van der Waals surface area contributed by atoms with E-state index < -0.39 is 0 Å². The van der Waals surface area contributed by atoms with E-state index in [-0.39, 0.29) is 23.4 Å². The number of carbonyl (C=O) groups excluding carboxylic acids is 1. The predicted octanol–water partition coefficient (Wildman–Crippen LogP) is 8.74. The molecule has 0 unspecified atom stereocenters. The van der Waals surface area contributed by atoms with Crippen molar-refractivity contribution in [3.8, 4) is 17.1 Å². The van der Waals surface area contributed by atoms with E-state index in [9.17, 15) is 4.79 Å². The highest BCUT2D eigenvalue weighted by molar-refractivity contribution is 6.28. The van der Waals surface area contributed by atoms with E-state index in [1.807, 2.05) is 63.6 Å². The molecule has 0 aliphatic carbocycles. The molecule has 0 saturated carbocycles. The van der Waals surface area contributed by atoms with Crippen LogP contribution in [0.25, 0.3) is 11.4 Å².